The molecule has 2 rings (SSSR count). The van der Waals surface area contributed by atoms with Crippen LogP contribution in [0.2, 0.25) is 0 Å². The van der Waals surface area contributed by atoms with Gasteiger partial charge in [0.1, 0.15) is 12.3 Å². The van der Waals surface area contributed by atoms with E-state index in [-0.39, 0.29) is 0 Å². The second kappa shape index (κ2) is 3.24. The maximum absolute atomic E-state index is 5.46. The van der Waals surface area contributed by atoms with Gasteiger partial charge in [0.15, 0.2) is 0 Å². The summed E-state index contributed by atoms with van der Waals surface area (Å²) in [6.45, 7) is 6.93. The minimum absolute atomic E-state index is 0.747. The Morgan fingerprint density at radius 1 is 1.62 bits per heavy atom. The Kier molecular flexibility index (Phi) is 2.08. The highest BCUT2D eigenvalue weighted by Crippen LogP contribution is 2.29. The number of pyridine rings is 1. The van der Waals surface area contributed by atoms with Crippen molar-refractivity contribution in [1.82, 2.24) is 4.98 Å². The van der Waals surface area contributed by atoms with Crippen LogP contribution in [0, 0.1) is 6.92 Å². The number of aryl methyl sites for hydroxylation is 1. The lowest BCUT2D eigenvalue weighted by Gasteiger charge is -2.29. The third-order valence-electron chi connectivity index (χ3n) is 2.29. The predicted octanol–water partition coefficient (Wildman–Crippen LogP) is 1.61. The Morgan fingerprint density at radius 3 is 3.23 bits per heavy atom. The molecule has 0 aromatic carbocycles. The van der Waals surface area contributed by atoms with Crippen LogP contribution < -0.4 is 9.64 Å². The minimum Gasteiger partial charge on any atom is -0.474 e. The van der Waals surface area contributed by atoms with E-state index in [1.165, 1.54) is 5.56 Å². The van der Waals surface area contributed by atoms with E-state index in [1.807, 2.05) is 6.20 Å². The number of aromatic nitrogens is 1. The van der Waals surface area contributed by atoms with E-state index in [0.29, 0.717) is 0 Å². The molecule has 3 heteroatoms. The maximum atomic E-state index is 5.46. The Morgan fingerprint density at radius 2 is 2.46 bits per heavy atom. The Bertz CT molecular complexity index is 312. The summed E-state index contributed by atoms with van der Waals surface area (Å²) >= 11 is 0. The van der Waals surface area contributed by atoms with Gasteiger partial charge in [0.25, 0.3) is 0 Å². The van der Waals surface area contributed by atoms with E-state index in [4.69, 9.17) is 4.74 Å². The first-order valence-corrected chi connectivity index (χ1v) is 4.65. The van der Waals surface area contributed by atoms with Gasteiger partial charge >= 0.3 is 0 Å². The lowest BCUT2D eigenvalue weighted by Crippen LogP contribution is -2.32. The highest BCUT2D eigenvalue weighted by Gasteiger charge is 2.17. The smallest absolute Gasteiger partial charge is 0.237 e. The summed E-state index contributed by atoms with van der Waals surface area (Å²) in [6, 6.07) is 2.13. The highest BCUT2D eigenvalue weighted by molar-refractivity contribution is 5.57. The van der Waals surface area contributed by atoms with Crippen LogP contribution in [0.3, 0.4) is 0 Å². The molecule has 70 valence electrons. The zero-order valence-electron chi connectivity index (χ0n) is 8.08. The molecule has 0 radical (unpaired) electrons. The zero-order chi connectivity index (χ0) is 9.26. The van der Waals surface area contributed by atoms with Crippen LogP contribution in [-0.4, -0.2) is 24.7 Å². The summed E-state index contributed by atoms with van der Waals surface area (Å²) in [5.41, 5.74) is 2.32. The van der Waals surface area contributed by atoms with E-state index >= 15 is 0 Å². The quantitative estimate of drug-likeness (QED) is 0.653. The molecule has 1 aliphatic heterocycles. The molecule has 0 amide bonds. The maximum Gasteiger partial charge on any atom is 0.237 e. The summed E-state index contributed by atoms with van der Waals surface area (Å²) in [4.78, 5) is 6.54. The Hall–Kier alpha value is -1.25. The van der Waals surface area contributed by atoms with Gasteiger partial charge in [-0.15, -0.1) is 0 Å². The Balaban J connectivity index is 2.41. The van der Waals surface area contributed by atoms with E-state index in [1.54, 1.807) is 0 Å². The molecular formula is C10H14N2O. The predicted molar refractivity (Wildman–Crippen MR) is 52.4 cm³/mol. The third kappa shape index (κ3) is 1.46. The lowest BCUT2D eigenvalue weighted by atomic mass is 10.2. The molecule has 0 saturated carbocycles. The van der Waals surface area contributed by atoms with E-state index < -0.39 is 0 Å². The van der Waals surface area contributed by atoms with Gasteiger partial charge in [-0.2, -0.15) is 0 Å². The van der Waals surface area contributed by atoms with Crippen molar-refractivity contribution in [2.45, 2.75) is 13.8 Å². The average molecular weight is 178 g/mol. The second-order valence-corrected chi connectivity index (χ2v) is 3.27. The van der Waals surface area contributed by atoms with Crippen LogP contribution >= 0.6 is 0 Å². The molecule has 0 aliphatic carbocycles. The molecule has 2 heterocycles. The SMILES string of the molecule is CCN1CCOc2ncc(C)cc21. The molecule has 1 aromatic rings. The molecule has 1 aliphatic rings. The summed E-state index contributed by atoms with van der Waals surface area (Å²) in [7, 11) is 0. The lowest BCUT2D eigenvalue weighted by molar-refractivity contribution is 0.296. The normalized spacial score (nSPS) is 15.1. The molecule has 0 saturated heterocycles. The van der Waals surface area contributed by atoms with Crippen molar-refractivity contribution in [3.05, 3.63) is 17.8 Å². The van der Waals surface area contributed by atoms with E-state index in [9.17, 15) is 0 Å². The number of ether oxygens (including phenoxy) is 1. The fourth-order valence-corrected chi connectivity index (χ4v) is 1.58. The van der Waals surface area contributed by atoms with Gasteiger partial charge in [-0.3, -0.25) is 0 Å². The number of fused-ring (bicyclic) bond motifs is 1. The van der Waals surface area contributed by atoms with Gasteiger partial charge in [-0.1, -0.05) is 0 Å². The number of nitrogens with zero attached hydrogens (tertiary/aromatic N) is 2. The van der Waals surface area contributed by atoms with Gasteiger partial charge in [0.05, 0.1) is 6.54 Å². The van der Waals surface area contributed by atoms with Gasteiger partial charge < -0.3 is 9.64 Å². The molecule has 0 spiro atoms. The van der Waals surface area contributed by atoms with Crippen LogP contribution in [0.25, 0.3) is 0 Å². The molecule has 0 N–H and O–H groups in total. The van der Waals surface area contributed by atoms with Crippen molar-refractivity contribution in [2.24, 2.45) is 0 Å². The molecule has 13 heavy (non-hydrogen) atoms. The number of hydrogen-bond donors (Lipinski definition) is 0. The van der Waals surface area contributed by atoms with E-state index in [2.05, 4.69) is 29.8 Å². The van der Waals surface area contributed by atoms with Crippen molar-refractivity contribution in [1.29, 1.82) is 0 Å². The Labute approximate surface area is 78.3 Å². The second-order valence-electron chi connectivity index (χ2n) is 3.27. The molecule has 1 aromatic heterocycles. The first-order valence-electron chi connectivity index (χ1n) is 4.65. The van der Waals surface area contributed by atoms with E-state index in [0.717, 1.165) is 31.3 Å². The van der Waals surface area contributed by atoms with Crippen LogP contribution in [0.1, 0.15) is 12.5 Å². The highest BCUT2D eigenvalue weighted by atomic mass is 16.5. The van der Waals surface area contributed by atoms with Crippen molar-refractivity contribution < 1.29 is 4.74 Å². The van der Waals surface area contributed by atoms with Crippen molar-refractivity contribution in [3.63, 3.8) is 0 Å². The average Bonchev–Trinajstić information content (AvgIpc) is 2.17. The number of likely N-dealkylation sites (N-methyl/N-ethyl adjacent to an activating group) is 1. The van der Waals surface area contributed by atoms with Crippen molar-refractivity contribution in [2.75, 3.05) is 24.6 Å². The van der Waals surface area contributed by atoms with Gasteiger partial charge in [0.2, 0.25) is 5.88 Å². The first kappa shape index (κ1) is 8.35. The van der Waals surface area contributed by atoms with Crippen LogP contribution in [0.15, 0.2) is 12.3 Å². The number of hydrogen-bond acceptors (Lipinski definition) is 3. The first-order chi connectivity index (χ1) is 6.31. The summed E-state index contributed by atoms with van der Waals surface area (Å²) in [6.07, 6.45) is 1.85. The van der Waals surface area contributed by atoms with Crippen LogP contribution in [0.5, 0.6) is 5.88 Å². The van der Waals surface area contributed by atoms with Crippen molar-refractivity contribution >= 4 is 5.69 Å². The summed E-state index contributed by atoms with van der Waals surface area (Å²) in [5, 5.41) is 0. The summed E-state index contributed by atoms with van der Waals surface area (Å²) in [5.74, 6) is 0.777. The fourth-order valence-electron chi connectivity index (χ4n) is 1.58. The molecule has 0 fully saturated rings. The fraction of sp³-hybridized carbons (Fsp3) is 0.500. The minimum atomic E-state index is 0.747. The van der Waals surface area contributed by atoms with Gasteiger partial charge in [0, 0.05) is 12.7 Å². The number of anilines is 1. The topological polar surface area (TPSA) is 25.4 Å². The summed E-state index contributed by atoms with van der Waals surface area (Å²) < 4.78 is 5.46. The molecule has 3 nitrogen and oxygen atoms in total. The molecular weight excluding hydrogens is 164 g/mol. The largest absolute Gasteiger partial charge is 0.474 e. The molecule has 0 atom stereocenters. The van der Waals surface area contributed by atoms with Crippen LogP contribution in [-0.2, 0) is 0 Å². The molecule has 0 unspecified atom stereocenters. The van der Waals surface area contributed by atoms with Crippen LogP contribution in [0.4, 0.5) is 5.69 Å². The monoisotopic (exact) mass is 178 g/mol. The molecule has 0 bridgehead atoms. The van der Waals surface area contributed by atoms with Crippen molar-refractivity contribution in [3.8, 4) is 5.88 Å². The third-order valence-corrected chi connectivity index (χ3v) is 2.29. The number of rotatable bonds is 1. The standard InChI is InChI=1S/C10H14N2O/c1-3-12-4-5-13-10-9(12)6-8(2)7-11-10/h6-7H,3-5H2,1-2H3. The van der Waals surface area contributed by atoms with Gasteiger partial charge in [-0.05, 0) is 25.5 Å². The zero-order valence-corrected chi connectivity index (χ0v) is 8.08. The van der Waals surface area contributed by atoms with Gasteiger partial charge in [-0.25, -0.2) is 4.98 Å².